The summed E-state index contributed by atoms with van der Waals surface area (Å²) < 4.78 is 81.5. The van der Waals surface area contributed by atoms with E-state index < -0.39 is 38.1 Å². The molecule has 0 radical (unpaired) electrons. The molecule has 15 heteroatoms. The maximum Gasteiger partial charge on any atom is 0.267 e. The van der Waals surface area contributed by atoms with Gasteiger partial charge in [-0.05, 0) is 49.7 Å². The molecule has 0 unspecified atom stereocenters. The number of aromatic nitrogens is 4. The number of rotatable bonds is 8. The zero-order chi connectivity index (χ0) is 32.0. The lowest BCUT2D eigenvalue weighted by molar-refractivity contribution is 0.162. The van der Waals surface area contributed by atoms with Gasteiger partial charge in [-0.2, -0.15) is 0 Å². The van der Waals surface area contributed by atoms with Crippen molar-refractivity contribution in [2.45, 2.75) is 18.7 Å². The standard InChI is InChI=1S/C25H18F3N7O3S.C4H10O/c1-38-19-9-12(8-15-21(19)33-24(34-23(15)29)13-10-31-25(30)32-11-13)14-4-2-7-18(20(14)28)35-39(36,37)22-16(26)5-3-6-17(22)27;1-3-5-4-2/h2-11,35H,1H3,(H2,29,33,34)(H2,30,31,32);3-4H2,1-2H3. The number of methoxy groups -OCH3 is 1. The van der Waals surface area contributed by atoms with E-state index in [9.17, 15) is 17.2 Å². The topological polar surface area (TPSA) is 168 Å². The number of halogens is 3. The summed E-state index contributed by atoms with van der Waals surface area (Å²) in [6, 6.07) is 9.43. The number of anilines is 3. The molecule has 0 aliphatic carbocycles. The summed E-state index contributed by atoms with van der Waals surface area (Å²) in [5.41, 5.74) is 12.2. The number of fused-ring (bicyclic) bond motifs is 1. The van der Waals surface area contributed by atoms with Crippen molar-refractivity contribution in [1.29, 1.82) is 0 Å². The Morgan fingerprint density at radius 3 is 2.11 bits per heavy atom. The fraction of sp³-hybridized carbons (Fsp3) is 0.172. The van der Waals surface area contributed by atoms with Crippen molar-refractivity contribution in [2.24, 2.45) is 0 Å². The summed E-state index contributed by atoms with van der Waals surface area (Å²) in [6.07, 6.45) is 2.86. The molecule has 44 heavy (non-hydrogen) atoms. The van der Waals surface area contributed by atoms with Gasteiger partial charge in [-0.15, -0.1) is 0 Å². The SMILES string of the molecule is CCOCC.COc1cc(-c2cccc(NS(=O)(=O)c3c(F)cccc3F)c2F)cc2c(N)nc(-c3cnc(N)nc3)nc12. The van der Waals surface area contributed by atoms with Crippen LogP contribution in [0.25, 0.3) is 33.4 Å². The third-order valence-corrected chi connectivity index (χ3v) is 7.51. The zero-order valence-electron chi connectivity index (χ0n) is 23.8. The molecule has 0 atom stereocenters. The maximum atomic E-state index is 15.6. The van der Waals surface area contributed by atoms with Gasteiger partial charge in [-0.3, -0.25) is 4.72 Å². The highest BCUT2D eigenvalue weighted by Gasteiger charge is 2.26. The molecule has 0 aliphatic heterocycles. The van der Waals surface area contributed by atoms with Gasteiger partial charge in [0.15, 0.2) is 16.5 Å². The molecule has 5 N–H and O–H groups in total. The van der Waals surface area contributed by atoms with Crippen LogP contribution in [0.5, 0.6) is 5.75 Å². The van der Waals surface area contributed by atoms with E-state index in [4.69, 9.17) is 20.9 Å². The molecule has 2 heterocycles. The van der Waals surface area contributed by atoms with Crippen LogP contribution in [-0.4, -0.2) is 48.7 Å². The third-order valence-electron chi connectivity index (χ3n) is 6.09. The summed E-state index contributed by atoms with van der Waals surface area (Å²) in [7, 11) is -3.43. The third kappa shape index (κ3) is 6.79. The number of ether oxygens (including phenoxy) is 2. The largest absolute Gasteiger partial charge is 0.494 e. The molecule has 0 bridgehead atoms. The van der Waals surface area contributed by atoms with Crippen LogP contribution in [0.1, 0.15) is 13.8 Å². The van der Waals surface area contributed by atoms with E-state index in [0.717, 1.165) is 37.5 Å². The van der Waals surface area contributed by atoms with E-state index in [1.807, 2.05) is 18.6 Å². The number of nitrogens with zero attached hydrogens (tertiary/aromatic N) is 4. The molecule has 0 saturated carbocycles. The van der Waals surface area contributed by atoms with Crippen LogP contribution in [-0.2, 0) is 14.8 Å². The van der Waals surface area contributed by atoms with Crippen molar-refractivity contribution in [3.8, 4) is 28.3 Å². The normalized spacial score (nSPS) is 11.1. The first kappa shape index (κ1) is 31.9. The second-order valence-corrected chi connectivity index (χ2v) is 10.6. The van der Waals surface area contributed by atoms with Crippen molar-refractivity contribution in [3.63, 3.8) is 0 Å². The molecular weight excluding hydrogens is 599 g/mol. The Labute approximate surface area is 251 Å². The summed E-state index contributed by atoms with van der Waals surface area (Å²) in [4.78, 5) is 15.4. The Morgan fingerprint density at radius 1 is 0.886 bits per heavy atom. The van der Waals surface area contributed by atoms with Crippen LogP contribution < -0.4 is 20.9 Å². The summed E-state index contributed by atoms with van der Waals surface area (Å²) in [6.45, 7) is 5.67. The van der Waals surface area contributed by atoms with Crippen LogP contribution >= 0.6 is 0 Å². The van der Waals surface area contributed by atoms with E-state index in [0.29, 0.717) is 16.5 Å². The molecular formula is C29H28F3N7O4S. The number of nitrogens with two attached hydrogens (primary N) is 2. The lowest BCUT2D eigenvalue weighted by atomic mass is 10.0. The van der Waals surface area contributed by atoms with Gasteiger partial charge in [0, 0.05) is 36.6 Å². The lowest BCUT2D eigenvalue weighted by Crippen LogP contribution is -2.17. The second kappa shape index (κ2) is 13.5. The minimum absolute atomic E-state index is 0.0410. The molecule has 11 nitrogen and oxygen atoms in total. The van der Waals surface area contributed by atoms with E-state index in [2.05, 4.69) is 19.9 Å². The minimum Gasteiger partial charge on any atom is -0.494 e. The van der Waals surface area contributed by atoms with Crippen LogP contribution in [0.15, 0.2) is 65.8 Å². The number of hydrogen-bond acceptors (Lipinski definition) is 10. The Morgan fingerprint density at radius 2 is 1.52 bits per heavy atom. The molecule has 0 aliphatic rings. The van der Waals surface area contributed by atoms with Gasteiger partial charge in [0.25, 0.3) is 10.0 Å². The molecule has 0 spiro atoms. The highest BCUT2D eigenvalue weighted by atomic mass is 32.2. The van der Waals surface area contributed by atoms with Gasteiger partial charge in [0.1, 0.15) is 28.7 Å². The molecule has 230 valence electrons. The molecule has 0 amide bonds. The Balaban J connectivity index is 0.000000818. The fourth-order valence-corrected chi connectivity index (χ4v) is 5.29. The number of benzene rings is 3. The Kier molecular flexibility index (Phi) is 9.80. The summed E-state index contributed by atoms with van der Waals surface area (Å²) >= 11 is 0. The lowest BCUT2D eigenvalue weighted by Gasteiger charge is -2.15. The molecule has 5 aromatic rings. The zero-order valence-corrected chi connectivity index (χ0v) is 24.6. The van der Waals surface area contributed by atoms with E-state index in [-0.39, 0.29) is 34.5 Å². The van der Waals surface area contributed by atoms with Gasteiger partial charge in [-0.25, -0.2) is 41.5 Å². The highest BCUT2D eigenvalue weighted by molar-refractivity contribution is 7.92. The van der Waals surface area contributed by atoms with Crippen molar-refractivity contribution in [2.75, 3.05) is 36.5 Å². The van der Waals surface area contributed by atoms with Gasteiger partial charge < -0.3 is 20.9 Å². The maximum absolute atomic E-state index is 15.6. The fourth-order valence-electron chi connectivity index (χ4n) is 4.09. The molecule has 0 fully saturated rings. The summed E-state index contributed by atoms with van der Waals surface area (Å²) in [5, 5.41) is 0.322. The van der Waals surface area contributed by atoms with Crippen LogP contribution in [0.4, 0.5) is 30.6 Å². The smallest absolute Gasteiger partial charge is 0.267 e. The highest BCUT2D eigenvalue weighted by Crippen LogP contribution is 2.37. The predicted molar refractivity (Wildman–Crippen MR) is 161 cm³/mol. The first-order valence-corrected chi connectivity index (χ1v) is 14.6. The minimum atomic E-state index is -4.81. The van der Waals surface area contributed by atoms with Crippen molar-refractivity contribution >= 4 is 38.4 Å². The first-order chi connectivity index (χ1) is 21.0. The summed E-state index contributed by atoms with van der Waals surface area (Å²) in [5.74, 6) is -3.12. The number of nitrogen functional groups attached to an aromatic ring is 2. The van der Waals surface area contributed by atoms with Crippen molar-refractivity contribution in [3.05, 3.63) is 78.4 Å². The van der Waals surface area contributed by atoms with E-state index in [1.54, 1.807) is 0 Å². The van der Waals surface area contributed by atoms with Crippen LogP contribution in [0.3, 0.4) is 0 Å². The van der Waals surface area contributed by atoms with Gasteiger partial charge >= 0.3 is 0 Å². The van der Waals surface area contributed by atoms with Crippen molar-refractivity contribution < 1.29 is 31.1 Å². The van der Waals surface area contributed by atoms with Gasteiger partial charge in [-0.1, -0.05) is 18.2 Å². The Hall–Kier alpha value is -5.02. The molecule has 5 rings (SSSR count). The van der Waals surface area contributed by atoms with E-state index >= 15 is 4.39 Å². The van der Waals surface area contributed by atoms with E-state index in [1.165, 1.54) is 43.8 Å². The number of hydrogen-bond donors (Lipinski definition) is 3. The average Bonchev–Trinajstić information content (AvgIpc) is 2.98. The van der Waals surface area contributed by atoms with Crippen molar-refractivity contribution in [1.82, 2.24) is 19.9 Å². The van der Waals surface area contributed by atoms with Crippen LogP contribution in [0.2, 0.25) is 0 Å². The Bertz CT molecular complexity index is 1890. The van der Waals surface area contributed by atoms with Gasteiger partial charge in [0.2, 0.25) is 5.95 Å². The number of nitrogens with one attached hydrogen (secondary N) is 1. The second-order valence-electron chi connectivity index (χ2n) is 8.94. The van der Waals surface area contributed by atoms with Gasteiger partial charge in [0.05, 0.1) is 18.4 Å². The molecule has 3 aromatic carbocycles. The quantitative estimate of drug-likeness (QED) is 0.208. The molecule has 0 saturated heterocycles. The monoisotopic (exact) mass is 627 g/mol. The average molecular weight is 628 g/mol. The molecule has 2 aromatic heterocycles. The van der Waals surface area contributed by atoms with Crippen LogP contribution in [0, 0.1) is 17.5 Å². The predicted octanol–water partition coefficient (Wildman–Crippen LogP) is 5.19. The first-order valence-electron chi connectivity index (χ1n) is 13.1. The number of sulfonamides is 1.